The van der Waals surface area contributed by atoms with E-state index in [0.29, 0.717) is 12.1 Å². The lowest BCUT2D eigenvalue weighted by Crippen LogP contribution is -2.25. The summed E-state index contributed by atoms with van der Waals surface area (Å²) in [6, 6.07) is 6.18. The molecule has 0 aliphatic carbocycles. The number of hydrogen-bond acceptors (Lipinski definition) is 4. The van der Waals surface area contributed by atoms with Crippen LogP contribution >= 0.6 is 11.6 Å². The Labute approximate surface area is 152 Å². The monoisotopic (exact) mass is 404 g/mol. The number of cyclic esters (lactones) is 1. The number of hydrogen-bond donors (Lipinski definition) is 0. The highest BCUT2D eigenvalue weighted by Crippen LogP contribution is 2.42. The third kappa shape index (κ3) is 3.31. The summed E-state index contributed by atoms with van der Waals surface area (Å²) in [6.07, 6.45) is -0.354. The van der Waals surface area contributed by atoms with E-state index in [1.807, 2.05) is 0 Å². The largest absolute Gasteiger partial charge is 0.465 e. The molecule has 0 saturated carbocycles. The minimum atomic E-state index is -4.38. The van der Waals surface area contributed by atoms with Gasteiger partial charge in [-0.05, 0) is 36.4 Å². The number of benzene rings is 2. The predicted molar refractivity (Wildman–Crippen MR) is 86.8 cm³/mol. The second-order valence-electron chi connectivity index (χ2n) is 5.82. The van der Waals surface area contributed by atoms with Crippen LogP contribution in [-0.4, -0.2) is 21.0 Å². The van der Waals surface area contributed by atoms with Crippen LogP contribution in [0.3, 0.4) is 0 Å². The molecule has 1 aliphatic heterocycles. The van der Waals surface area contributed by atoms with E-state index in [-0.39, 0.29) is 22.9 Å². The molecule has 3 rings (SSSR count). The Hall–Kier alpha value is -2.06. The zero-order valence-electron chi connectivity index (χ0n) is 13.1. The van der Waals surface area contributed by atoms with Gasteiger partial charge in [0.1, 0.15) is 11.1 Å². The first-order valence-electron chi connectivity index (χ1n) is 7.50. The highest BCUT2D eigenvalue weighted by Gasteiger charge is 2.44. The lowest BCUT2D eigenvalue weighted by molar-refractivity contribution is -0.137. The maximum absolute atomic E-state index is 14.3. The van der Waals surface area contributed by atoms with Crippen molar-refractivity contribution in [3.8, 4) is 0 Å². The molecule has 0 amide bonds. The molecule has 1 fully saturated rings. The number of ether oxygens (including phenoxy) is 1. The van der Waals surface area contributed by atoms with Gasteiger partial charge in [-0.2, -0.15) is 0 Å². The van der Waals surface area contributed by atoms with Crippen LogP contribution in [0, 0.1) is 23.4 Å². The summed E-state index contributed by atoms with van der Waals surface area (Å²) in [5.41, 5.74) is -0.941. The van der Waals surface area contributed by atoms with Gasteiger partial charge < -0.3 is 4.74 Å². The molecule has 26 heavy (non-hydrogen) atoms. The fraction of sp³-hybridized carbons (Fsp3) is 0.235. The van der Waals surface area contributed by atoms with Crippen molar-refractivity contribution in [2.75, 3.05) is 6.61 Å². The van der Waals surface area contributed by atoms with Crippen molar-refractivity contribution in [1.82, 2.24) is 0 Å². The van der Waals surface area contributed by atoms with Crippen LogP contribution < -0.4 is 0 Å². The standard InChI is InChI=1S/C17H12ClF3O4S/c18-10-1-3-11(4-2-10)26(23,24)17(9-7-14(22)25-8-9)15-12(19)5-6-13(20)16(15)21/h1-6,9,17H,7-8H2. The molecular formula is C17H12ClF3O4S. The summed E-state index contributed by atoms with van der Waals surface area (Å²) in [5, 5.41) is -1.56. The van der Waals surface area contributed by atoms with Crippen molar-refractivity contribution in [2.45, 2.75) is 16.6 Å². The molecule has 2 atom stereocenters. The summed E-state index contributed by atoms with van der Waals surface area (Å²) >= 11 is 5.75. The van der Waals surface area contributed by atoms with Gasteiger partial charge in [-0.3, -0.25) is 4.79 Å². The van der Waals surface area contributed by atoms with E-state index in [4.69, 9.17) is 16.3 Å². The van der Waals surface area contributed by atoms with Gasteiger partial charge in [-0.25, -0.2) is 21.6 Å². The molecule has 4 nitrogen and oxygen atoms in total. The van der Waals surface area contributed by atoms with Crippen molar-refractivity contribution in [2.24, 2.45) is 5.92 Å². The maximum Gasteiger partial charge on any atom is 0.306 e. The number of carbonyl (C=O) groups excluding carboxylic acids is 1. The van der Waals surface area contributed by atoms with Gasteiger partial charge >= 0.3 is 5.97 Å². The third-order valence-electron chi connectivity index (χ3n) is 4.16. The van der Waals surface area contributed by atoms with Crippen LogP contribution in [0.25, 0.3) is 0 Å². The molecule has 2 aromatic carbocycles. The van der Waals surface area contributed by atoms with Gasteiger partial charge in [0.25, 0.3) is 0 Å². The molecule has 1 aliphatic rings. The zero-order valence-corrected chi connectivity index (χ0v) is 14.7. The van der Waals surface area contributed by atoms with E-state index in [1.165, 1.54) is 24.3 Å². The quantitative estimate of drug-likeness (QED) is 0.574. The molecule has 2 aromatic rings. The van der Waals surface area contributed by atoms with E-state index in [0.717, 1.165) is 0 Å². The number of halogens is 4. The van der Waals surface area contributed by atoms with Crippen LogP contribution in [0.4, 0.5) is 13.2 Å². The first-order chi connectivity index (χ1) is 12.2. The second kappa shape index (κ2) is 6.92. The van der Waals surface area contributed by atoms with Crippen molar-refractivity contribution < 1.29 is 31.1 Å². The Morgan fingerprint density at radius 2 is 1.65 bits per heavy atom. The number of esters is 1. The average Bonchev–Trinajstić information content (AvgIpc) is 3.01. The molecule has 0 spiro atoms. The van der Waals surface area contributed by atoms with E-state index in [9.17, 15) is 26.4 Å². The van der Waals surface area contributed by atoms with Gasteiger partial charge in [-0.15, -0.1) is 0 Å². The van der Waals surface area contributed by atoms with Crippen molar-refractivity contribution in [3.63, 3.8) is 0 Å². The smallest absolute Gasteiger partial charge is 0.306 e. The molecule has 0 bridgehead atoms. The molecule has 2 unspecified atom stereocenters. The molecule has 0 N–H and O–H groups in total. The maximum atomic E-state index is 14.3. The Morgan fingerprint density at radius 1 is 1.04 bits per heavy atom. The van der Waals surface area contributed by atoms with E-state index >= 15 is 0 Å². The molecule has 0 radical (unpaired) electrons. The van der Waals surface area contributed by atoms with Gasteiger partial charge in [0, 0.05) is 16.5 Å². The van der Waals surface area contributed by atoms with Crippen molar-refractivity contribution in [3.05, 3.63) is 64.4 Å². The first kappa shape index (κ1) is 18.7. The van der Waals surface area contributed by atoms with Crippen LogP contribution in [-0.2, 0) is 19.4 Å². The Kier molecular flexibility index (Phi) is 4.98. The van der Waals surface area contributed by atoms with Crippen molar-refractivity contribution in [1.29, 1.82) is 0 Å². The average molecular weight is 405 g/mol. The summed E-state index contributed by atoms with van der Waals surface area (Å²) < 4.78 is 73.3. The summed E-state index contributed by atoms with van der Waals surface area (Å²) in [7, 11) is -4.38. The van der Waals surface area contributed by atoms with Crippen LogP contribution in [0.5, 0.6) is 0 Å². The fourth-order valence-corrected chi connectivity index (χ4v) is 5.09. The highest BCUT2D eigenvalue weighted by atomic mass is 35.5. The van der Waals surface area contributed by atoms with E-state index in [2.05, 4.69) is 0 Å². The fourth-order valence-electron chi connectivity index (χ4n) is 2.95. The molecule has 1 saturated heterocycles. The van der Waals surface area contributed by atoms with Gasteiger partial charge in [0.2, 0.25) is 0 Å². The Bertz CT molecular complexity index is 961. The number of sulfone groups is 1. The van der Waals surface area contributed by atoms with E-state index in [1.54, 1.807) is 0 Å². The SMILES string of the molecule is O=C1CC(C(c2c(F)ccc(F)c2F)S(=O)(=O)c2ccc(Cl)cc2)CO1. The molecular weight excluding hydrogens is 393 g/mol. The Balaban J connectivity index is 2.21. The topological polar surface area (TPSA) is 60.4 Å². The van der Waals surface area contributed by atoms with Crippen LogP contribution in [0.2, 0.25) is 5.02 Å². The number of carbonyl (C=O) groups is 1. The zero-order chi connectivity index (χ0) is 19.1. The molecule has 9 heteroatoms. The highest BCUT2D eigenvalue weighted by molar-refractivity contribution is 7.91. The molecule has 138 valence electrons. The van der Waals surface area contributed by atoms with Crippen LogP contribution in [0.15, 0.2) is 41.3 Å². The molecule has 0 aromatic heterocycles. The normalized spacial score (nSPS) is 18.6. The lowest BCUT2D eigenvalue weighted by Gasteiger charge is -2.23. The Morgan fingerprint density at radius 3 is 2.23 bits per heavy atom. The summed E-state index contributed by atoms with van der Waals surface area (Å²) in [6.45, 7) is -0.342. The first-order valence-corrected chi connectivity index (χ1v) is 9.42. The van der Waals surface area contributed by atoms with Gasteiger partial charge in [0.05, 0.1) is 17.9 Å². The van der Waals surface area contributed by atoms with Gasteiger partial charge in [0.15, 0.2) is 21.5 Å². The third-order valence-corrected chi connectivity index (χ3v) is 6.63. The van der Waals surface area contributed by atoms with Crippen LogP contribution in [0.1, 0.15) is 17.2 Å². The van der Waals surface area contributed by atoms with Gasteiger partial charge in [-0.1, -0.05) is 11.6 Å². The predicted octanol–water partition coefficient (Wildman–Crippen LogP) is 3.84. The summed E-state index contributed by atoms with van der Waals surface area (Å²) in [5.74, 6) is -5.96. The summed E-state index contributed by atoms with van der Waals surface area (Å²) in [4.78, 5) is 11.2. The second-order valence-corrected chi connectivity index (χ2v) is 8.33. The van der Waals surface area contributed by atoms with E-state index < -0.39 is 50.0 Å². The lowest BCUT2D eigenvalue weighted by atomic mass is 9.97. The number of rotatable bonds is 4. The molecule has 1 heterocycles. The minimum Gasteiger partial charge on any atom is -0.465 e. The van der Waals surface area contributed by atoms with Crippen molar-refractivity contribution >= 4 is 27.4 Å². The minimum absolute atomic E-state index is 0.255.